The van der Waals surface area contributed by atoms with Crippen molar-refractivity contribution in [1.29, 1.82) is 0 Å². The number of fused-ring (bicyclic) bond motifs is 1. The van der Waals surface area contributed by atoms with Crippen molar-refractivity contribution in [3.05, 3.63) is 59.2 Å². The molecule has 21 heavy (non-hydrogen) atoms. The van der Waals surface area contributed by atoms with Crippen LogP contribution in [0.4, 0.5) is 5.69 Å². The van der Waals surface area contributed by atoms with Gasteiger partial charge in [0, 0.05) is 12.2 Å². The molecule has 3 nitrogen and oxygen atoms in total. The molecule has 1 aliphatic rings. The summed E-state index contributed by atoms with van der Waals surface area (Å²) in [5.41, 5.74) is 5.43. The van der Waals surface area contributed by atoms with E-state index in [0.717, 1.165) is 38.9 Å². The fourth-order valence-electron chi connectivity index (χ4n) is 2.77. The quantitative estimate of drug-likeness (QED) is 0.714. The molecule has 1 heterocycles. The van der Waals surface area contributed by atoms with E-state index in [1.54, 1.807) is 12.1 Å². The van der Waals surface area contributed by atoms with Gasteiger partial charge >= 0.3 is 0 Å². The number of hydrogen-bond donors (Lipinski definition) is 3. The molecule has 2 aromatic carbocycles. The summed E-state index contributed by atoms with van der Waals surface area (Å²) in [6.45, 7) is 3.05. The summed E-state index contributed by atoms with van der Waals surface area (Å²) in [4.78, 5) is 0. The van der Waals surface area contributed by atoms with Gasteiger partial charge in [-0.05, 0) is 67.2 Å². The first-order valence-electron chi connectivity index (χ1n) is 7.65. The molecule has 3 N–H and O–H groups in total. The molecule has 0 fully saturated rings. The van der Waals surface area contributed by atoms with Crippen molar-refractivity contribution in [2.24, 2.45) is 0 Å². The van der Waals surface area contributed by atoms with Crippen LogP contribution < -0.4 is 10.6 Å². The second-order valence-corrected chi connectivity index (χ2v) is 5.58. The zero-order valence-electron chi connectivity index (χ0n) is 12.2. The zero-order valence-corrected chi connectivity index (χ0v) is 12.2. The Morgan fingerprint density at radius 1 is 0.952 bits per heavy atom. The zero-order chi connectivity index (χ0) is 14.5. The van der Waals surface area contributed by atoms with Crippen LogP contribution in [-0.2, 0) is 19.3 Å². The lowest BCUT2D eigenvalue weighted by molar-refractivity contribution is 0.475. The van der Waals surface area contributed by atoms with E-state index in [1.165, 1.54) is 22.4 Å². The van der Waals surface area contributed by atoms with Crippen molar-refractivity contribution >= 4 is 5.69 Å². The Kier molecular flexibility index (Phi) is 4.41. The molecule has 0 saturated heterocycles. The first kappa shape index (κ1) is 14.0. The van der Waals surface area contributed by atoms with Crippen LogP contribution in [0.1, 0.15) is 16.7 Å². The average Bonchev–Trinajstić information content (AvgIpc) is 2.96. The van der Waals surface area contributed by atoms with E-state index in [9.17, 15) is 5.11 Å². The van der Waals surface area contributed by atoms with E-state index in [-0.39, 0.29) is 0 Å². The molecule has 0 saturated carbocycles. The van der Waals surface area contributed by atoms with E-state index in [1.807, 2.05) is 12.1 Å². The second-order valence-electron chi connectivity index (χ2n) is 5.58. The Morgan fingerprint density at radius 2 is 1.67 bits per heavy atom. The highest BCUT2D eigenvalue weighted by atomic mass is 16.3. The number of benzene rings is 2. The highest BCUT2D eigenvalue weighted by Gasteiger charge is 2.09. The van der Waals surface area contributed by atoms with Gasteiger partial charge < -0.3 is 15.7 Å². The maximum atomic E-state index is 9.24. The molecular weight excluding hydrogens is 260 g/mol. The normalized spacial score (nSPS) is 13.0. The molecule has 0 atom stereocenters. The van der Waals surface area contributed by atoms with Crippen LogP contribution in [0.3, 0.4) is 0 Å². The number of aromatic hydroxyl groups is 1. The minimum atomic E-state index is 0.331. The van der Waals surface area contributed by atoms with Gasteiger partial charge in [0.1, 0.15) is 5.75 Å². The number of nitrogens with one attached hydrogen (secondary N) is 2. The Labute approximate surface area is 126 Å². The summed E-state index contributed by atoms with van der Waals surface area (Å²) in [7, 11) is 0. The van der Waals surface area contributed by atoms with Crippen LogP contribution in [0.5, 0.6) is 5.75 Å². The molecular formula is C18H22N2O. The summed E-state index contributed by atoms with van der Waals surface area (Å²) in [6, 6.07) is 14.2. The first-order valence-corrected chi connectivity index (χ1v) is 7.65. The highest BCUT2D eigenvalue weighted by molar-refractivity contribution is 5.56. The Morgan fingerprint density at radius 3 is 2.48 bits per heavy atom. The molecule has 2 aromatic rings. The Bertz CT molecular complexity index is 593. The van der Waals surface area contributed by atoms with Crippen LogP contribution in [0.25, 0.3) is 0 Å². The van der Waals surface area contributed by atoms with Gasteiger partial charge in [0.05, 0.1) is 0 Å². The van der Waals surface area contributed by atoms with Crippen molar-refractivity contribution < 1.29 is 5.11 Å². The van der Waals surface area contributed by atoms with Crippen LogP contribution in [-0.4, -0.2) is 24.7 Å². The lowest BCUT2D eigenvalue weighted by atomic mass is 10.1. The monoisotopic (exact) mass is 282 g/mol. The molecule has 0 aliphatic carbocycles. The molecule has 0 bridgehead atoms. The maximum absolute atomic E-state index is 9.24. The van der Waals surface area contributed by atoms with Gasteiger partial charge in [-0.3, -0.25) is 0 Å². The van der Waals surface area contributed by atoms with Crippen LogP contribution >= 0.6 is 0 Å². The van der Waals surface area contributed by atoms with Crippen molar-refractivity contribution in [3.8, 4) is 5.75 Å². The van der Waals surface area contributed by atoms with Crippen LogP contribution in [0.15, 0.2) is 42.5 Å². The van der Waals surface area contributed by atoms with Gasteiger partial charge in [-0.25, -0.2) is 0 Å². The highest BCUT2D eigenvalue weighted by Crippen LogP contribution is 2.23. The third-order valence-electron chi connectivity index (χ3n) is 4.00. The molecule has 0 radical (unpaired) electrons. The third-order valence-corrected chi connectivity index (χ3v) is 4.00. The summed E-state index contributed by atoms with van der Waals surface area (Å²) < 4.78 is 0. The number of hydrogen-bond acceptors (Lipinski definition) is 3. The molecule has 110 valence electrons. The van der Waals surface area contributed by atoms with Gasteiger partial charge in [-0.2, -0.15) is 0 Å². The standard InChI is InChI=1S/C18H22N2O/c21-17-4-1-14(2-5-17)7-10-19-11-8-15-3-6-18-16(13-15)9-12-20-18/h1-6,13,19-21H,7-12H2. The lowest BCUT2D eigenvalue weighted by Gasteiger charge is -2.07. The fourth-order valence-corrected chi connectivity index (χ4v) is 2.77. The van der Waals surface area contributed by atoms with Crippen molar-refractivity contribution in [2.75, 3.05) is 25.0 Å². The summed E-state index contributed by atoms with van der Waals surface area (Å²) >= 11 is 0. The van der Waals surface area contributed by atoms with Gasteiger partial charge in [-0.1, -0.05) is 24.3 Å². The van der Waals surface area contributed by atoms with Gasteiger partial charge in [0.2, 0.25) is 0 Å². The molecule has 0 spiro atoms. The Hall–Kier alpha value is -2.00. The van der Waals surface area contributed by atoms with Crippen molar-refractivity contribution in [2.45, 2.75) is 19.3 Å². The van der Waals surface area contributed by atoms with E-state index in [2.05, 4.69) is 28.8 Å². The molecule has 0 aromatic heterocycles. The largest absolute Gasteiger partial charge is 0.508 e. The number of anilines is 1. The molecule has 0 unspecified atom stereocenters. The minimum absolute atomic E-state index is 0.331. The Balaban J connectivity index is 1.39. The number of rotatable bonds is 6. The fraction of sp³-hybridized carbons (Fsp3) is 0.333. The van der Waals surface area contributed by atoms with Crippen LogP contribution in [0.2, 0.25) is 0 Å². The van der Waals surface area contributed by atoms with Gasteiger partial charge in [0.15, 0.2) is 0 Å². The van der Waals surface area contributed by atoms with Gasteiger partial charge in [-0.15, -0.1) is 0 Å². The minimum Gasteiger partial charge on any atom is -0.508 e. The lowest BCUT2D eigenvalue weighted by Crippen LogP contribution is -2.20. The van der Waals surface area contributed by atoms with Crippen LogP contribution in [0, 0.1) is 0 Å². The number of phenolic OH excluding ortho intramolecular Hbond substituents is 1. The first-order chi connectivity index (χ1) is 10.3. The van der Waals surface area contributed by atoms with E-state index in [0.29, 0.717) is 5.75 Å². The summed E-state index contributed by atoms with van der Waals surface area (Å²) in [6.07, 6.45) is 3.22. The van der Waals surface area contributed by atoms with E-state index in [4.69, 9.17) is 0 Å². The summed E-state index contributed by atoms with van der Waals surface area (Å²) in [5.74, 6) is 0.331. The van der Waals surface area contributed by atoms with Gasteiger partial charge in [0.25, 0.3) is 0 Å². The maximum Gasteiger partial charge on any atom is 0.115 e. The smallest absolute Gasteiger partial charge is 0.115 e. The predicted octanol–water partition coefficient (Wildman–Crippen LogP) is 2.74. The third kappa shape index (κ3) is 3.76. The second kappa shape index (κ2) is 6.64. The predicted molar refractivity (Wildman–Crippen MR) is 87.0 cm³/mol. The van der Waals surface area contributed by atoms with Crippen molar-refractivity contribution in [1.82, 2.24) is 5.32 Å². The average molecular weight is 282 g/mol. The molecule has 1 aliphatic heterocycles. The summed E-state index contributed by atoms with van der Waals surface area (Å²) in [5, 5.41) is 16.1. The molecule has 3 rings (SSSR count). The van der Waals surface area contributed by atoms with Crippen molar-refractivity contribution in [3.63, 3.8) is 0 Å². The van der Waals surface area contributed by atoms with E-state index >= 15 is 0 Å². The SMILES string of the molecule is Oc1ccc(CCNCCc2ccc3c(c2)CCN3)cc1. The topological polar surface area (TPSA) is 44.3 Å². The van der Waals surface area contributed by atoms with E-state index < -0.39 is 0 Å². The number of phenols is 1. The molecule has 0 amide bonds. The molecule has 3 heteroatoms.